The maximum absolute atomic E-state index is 10.3. The van der Waals surface area contributed by atoms with Gasteiger partial charge in [0.15, 0.2) is 0 Å². The summed E-state index contributed by atoms with van der Waals surface area (Å²) in [6.07, 6.45) is 10.4. The normalized spacial score (nSPS) is 30.0. The summed E-state index contributed by atoms with van der Waals surface area (Å²) >= 11 is 0. The van der Waals surface area contributed by atoms with Crippen LogP contribution in [0.15, 0.2) is 30.3 Å². The summed E-state index contributed by atoms with van der Waals surface area (Å²) in [5.74, 6) is 3.71. The van der Waals surface area contributed by atoms with Gasteiger partial charge in [0.1, 0.15) is 0 Å². The van der Waals surface area contributed by atoms with E-state index in [-0.39, 0.29) is 6.10 Å². The van der Waals surface area contributed by atoms with Gasteiger partial charge >= 0.3 is 0 Å². The van der Waals surface area contributed by atoms with Crippen molar-refractivity contribution < 1.29 is 9.84 Å². The van der Waals surface area contributed by atoms with Gasteiger partial charge in [-0.1, -0.05) is 36.8 Å². The van der Waals surface area contributed by atoms with Crippen LogP contribution < -0.4 is 0 Å². The summed E-state index contributed by atoms with van der Waals surface area (Å²) in [4.78, 5) is 2.42. The first kappa shape index (κ1) is 19.4. The molecule has 0 unspecified atom stereocenters. The molecule has 0 radical (unpaired) electrons. The number of nitrogens with zero attached hydrogens (tertiary/aromatic N) is 1. The number of likely N-dealkylation sites (tertiary alicyclic amines) is 1. The van der Waals surface area contributed by atoms with E-state index in [9.17, 15) is 5.11 Å². The van der Waals surface area contributed by atoms with Crippen LogP contribution in [0.2, 0.25) is 0 Å². The average Bonchev–Trinajstić information content (AvgIpc) is 3.31. The van der Waals surface area contributed by atoms with E-state index in [0.717, 1.165) is 49.9 Å². The van der Waals surface area contributed by atoms with Crippen LogP contribution in [0.3, 0.4) is 0 Å². The summed E-state index contributed by atoms with van der Waals surface area (Å²) in [6.45, 7) is 4.33. The molecule has 0 amide bonds. The van der Waals surface area contributed by atoms with Crippen LogP contribution in [0.5, 0.6) is 0 Å². The van der Waals surface area contributed by atoms with Gasteiger partial charge in [-0.15, -0.1) is 0 Å². The molecule has 0 spiro atoms. The highest BCUT2D eigenvalue weighted by atomic mass is 16.5. The van der Waals surface area contributed by atoms with Crippen molar-refractivity contribution in [1.29, 1.82) is 0 Å². The molecule has 3 heteroatoms. The molecule has 4 atom stereocenters. The van der Waals surface area contributed by atoms with E-state index in [1.807, 2.05) is 0 Å². The van der Waals surface area contributed by atoms with Crippen molar-refractivity contribution in [3.05, 3.63) is 35.9 Å². The summed E-state index contributed by atoms with van der Waals surface area (Å²) < 4.78 is 5.83. The maximum atomic E-state index is 10.3. The number of benzene rings is 1. The van der Waals surface area contributed by atoms with Crippen molar-refractivity contribution in [2.45, 2.75) is 57.5 Å². The molecule has 3 fully saturated rings. The highest BCUT2D eigenvalue weighted by Crippen LogP contribution is 2.49. The first-order chi connectivity index (χ1) is 13.3. The third-order valence-corrected chi connectivity index (χ3v) is 7.37. The van der Waals surface area contributed by atoms with E-state index in [1.54, 1.807) is 0 Å². The van der Waals surface area contributed by atoms with Crippen LogP contribution in [0.4, 0.5) is 0 Å². The lowest BCUT2D eigenvalue weighted by atomic mass is 9.87. The second-order valence-corrected chi connectivity index (χ2v) is 9.39. The molecule has 1 heterocycles. The second-order valence-electron chi connectivity index (χ2n) is 9.39. The topological polar surface area (TPSA) is 32.7 Å². The number of rotatable bonds is 9. The molecular formula is C24H37NO2. The second kappa shape index (κ2) is 9.54. The smallest absolute Gasteiger partial charge is 0.0900 e. The molecule has 27 heavy (non-hydrogen) atoms. The first-order valence-electron chi connectivity index (χ1n) is 11.3. The number of hydrogen-bond donors (Lipinski definition) is 1. The van der Waals surface area contributed by atoms with Crippen molar-refractivity contribution in [2.75, 3.05) is 32.8 Å². The van der Waals surface area contributed by atoms with E-state index in [0.29, 0.717) is 6.61 Å². The molecule has 4 rings (SSSR count). The lowest BCUT2D eigenvalue weighted by molar-refractivity contribution is 0.00547. The van der Waals surface area contributed by atoms with Crippen LogP contribution in [0.1, 0.15) is 50.5 Å². The van der Waals surface area contributed by atoms with Crippen molar-refractivity contribution in [3.8, 4) is 0 Å². The third kappa shape index (κ3) is 5.56. The molecule has 3 aliphatic rings. The molecule has 1 aromatic carbocycles. The highest BCUT2D eigenvalue weighted by molar-refractivity contribution is 5.15. The van der Waals surface area contributed by atoms with E-state index in [1.165, 1.54) is 56.9 Å². The van der Waals surface area contributed by atoms with Gasteiger partial charge in [0, 0.05) is 13.2 Å². The molecule has 1 aliphatic heterocycles. The fourth-order valence-corrected chi connectivity index (χ4v) is 5.86. The van der Waals surface area contributed by atoms with E-state index >= 15 is 0 Å². The van der Waals surface area contributed by atoms with Gasteiger partial charge in [0.25, 0.3) is 0 Å². The fraction of sp³-hybridized carbons (Fsp3) is 0.750. The zero-order valence-electron chi connectivity index (χ0n) is 16.8. The maximum Gasteiger partial charge on any atom is 0.0900 e. The Kier molecular flexibility index (Phi) is 6.86. The molecule has 1 saturated heterocycles. The molecule has 3 nitrogen and oxygen atoms in total. The minimum atomic E-state index is -0.337. The van der Waals surface area contributed by atoms with E-state index in [4.69, 9.17) is 4.74 Å². The SMILES string of the molecule is O[C@@H](COCC[C@H]1C[C@H]2CC[C@H]1C2)CN1CCC(Cc2ccccc2)CC1. The Hall–Kier alpha value is -0.900. The minimum absolute atomic E-state index is 0.337. The monoisotopic (exact) mass is 371 g/mol. The number of piperidine rings is 1. The number of fused-ring (bicyclic) bond motifs is 2. The fourth-order valence-electron chi connectivity index (χ4n) is 5.86. The Balaban J connectivity index is 1.06. The van der Waals surface area contributed by atoms with Gasteiger partial charge in [0.2, 0.25) is 0 Å². The number of ether oxygens (including phenoxy) is 1. The van der Waals surface area contributed by atoms with Gasteiger partial charge < -0.3 is 14.7 Å². The van der Waals surface area contributed by atoms with Gasteiger partial charge in [-0.3, -0.25) is 0 Å². The Morgan fingerprint density at radius 1 is 1.04 bits per heavy atom. The van der Waals surface area contributed by atoms with Crippen molar-refractivity contribution in [3.63, 3.8) is 0 Å². The average molecular weight is 372 g/mol. The zero-order chi connectivity index (χ0) is 18.5. The van der Waals surface area contributed by atoms with Gasteiger partial charge in [-0.25, -0.2) is 0 Å². The van der Waals surface area contributed by atoms with Gasteiger partial charge in [-0.05, 0) is 87.3 Å². The van der Waals surface area contributed by atoms with Crippen LogP contribution >= 0.6 is 0 Å². The molecule has 2 saturated carbocycles. The Morgan fingerprint density at radius 3 is 2.56 bits per heavy atom. The first-order valence-corrected chi connectivity index (χ1v) is 11.3. The number of aliphatic hydroxyl groups is 1. The Bertz CT molecular complexity index is 555. The van der Waals surface area contributed by atoms with E-state index < -0.39 is 0 Å². The number of hydrogen-bond acceptors (Lipinski definition) is 3. The molecule has 2 bridgehead atoms. The highest BCUT2D eigenvalue weighted by Gasteiger charge is 2.38. The third-order valence-electron chi connectivity index (χ3n) is 7.37. The van der Waals surface area contributed by atoms with Crippen LogP contribution in [-0.4, -0.2) is 49.0 Å². The van der Waals surface area contributed by atoms with Crippen LogP contribution in [-0.2, 0) is 11.2 Å². The quantitative estimate of drug-likeness (QED) is 0.662. The summed E-state index contributed by atoms with van der Waals surface area (Å²) in [5, 5.41) is 10.3. The molecule has 1 aromatic rings. The molecule has 150 valence electrons. The zero-order valence-corrected chi connectivity index (χ0v) is 16.8. The van der Waals surface area contributed by atoms with Crippen molar-refractivity contribution in [1.82, 2.24) is 4.90 Å². The van der Waals surface area contributed by atoms with Crippen molar-refractivity contribution in [2.24, 2.45) is 23.7 Å². The predicted molar refractivity (Wildman–Crippen MR) is 110 cm³/mol. The summed E-state index contributed by atoms with van der Waals surface area (Å²) in [7, 11) is 0. The number of β-amino-alcohol motifs (C(OH)–C–C–N with tert-alkyl or cyclic N) is 1. The van der Waals surface area contributed by atoms with E-state index in [2.05, 4.69) is 35.2 Å². The summed E-state index contributed by atoms with van der Waals surface area (Å²) in [5.41, 5.74) is 1.46. The predicted octanol–water partition coefficient (Wildman–Crippen LogP) is 4.14. The van der Waals surface area contributed by atoms with Gasteiger partial charge in [0.05, 0.1) is 12.7 Å². The largest absolute Gasteiger partial charge is 0.389 e. The standard InChI is InChI=1S/C24H37NO2/c26-24(18-27-13-10-23-16-21-6-7-22(23)15-21)17-25-11-8-20(9-12-25)14-19-4-2-1-3-5-19/h1-5,20-24,26H,6-18H2/t21-,22-,23-,24+/m0/s1. The van der Waals surface area contributed by atoms with Crippen LogP contribution in [0.25, 0.3) is 0 Å². The number of aliphatic hydroxyl groups excluding tert-OH is 1. The lowest BCUT2D eigenvalue weighted by Gasteiger charge is -2.33. The Labute approximate surface area is 165 Å². The minimum Gasteiger partial charge on any atom is -0.389 e. The van der Waals surface area contributed by atoms with Crippen molar-refractivity contribution >= 4 is 0 Å². The molecule has 0 aromatic heterocycles. The Morgan fingerprint density at radius 2 is 1.85 bits per heavy atom. The molecular weight excluding hydrogens is 334 g/mol. The van der Waals surface area contributed by atoms with Gasteiger partial charge in [-0.2, -0.15) is 0 Å². The molecule has 1 N–H and O–H groups in total. The lowest BCUT2D eigenvalue weighted by Crippen LogP contribution is -2.40. The van der Waals surface area contributed by atoms with Crippen LogP contribution in [0, 0.1) is 23.7 Å². The molecule has 2 aliphatic carbocycles. The summed E-state index contributed by atoms with van der Waals surface area (Å²) in [6, 6.07) is 10.8.